The third-order valence-corrected chi connectivity index (χ3v) is 6.05. The third-order valence-electron chi connectivity index (χ3n) is 6.05. The summed E-state index contributed by atoms with van der Waals surface area (Å²) in [4.78, 5) is 24.3. The highest BCUT2D eigenvalue weighted by molar-refractivity contribution is 6.22. The summed E-state index contributed by atoms with van der Waals surface area (Å²) in [6.07, 6.45) is 17.0. The molecule has 1 aliphatic carbocycles. The number of Topliss-reactive ketones (excluding diaryl/α,β-unsaturated/α-hetero) is 1. The molecule has 166 valence electrons. The maximum atomic E-state index is 12.3. The monoisotopic (exact) mass is 410 g/mol. The zero-order valence-corrected chi connectivity index (χ0v) is 20.4. The van der Waals surface area contributed by atoms with Gasteiger partial charge in [0.25, 0.3) is 0 Å². The summed E-state index contributed by atoms with van der Waals surface area (Å²) in [6, 6.07) is 0. The second-order valence-corrected chi connectivity index (χ2v) is 9.29. The molecule has 0 aliphatic heterocycles. The van der Waals surface area contributed by atoms with Gasteiger partial charge in [0.05, 0.1) is 0 Å². The Morgan fingerprint density at radius 2 is 1.40 bits per heavy atom. The van der Waals surface area contributed by atoms with Crippen LogP contribution < -0.4 is 0 Å². The van der Waals surface area contributed by atoms with Crippen LogP contribution in [-0.2, 0) is 9.59 Å². The molecule has 2 nitrogen and oxygen atoms in total. The molecular weight excluding hydrogens is 368 g/mol. The molecule has 0 unspecified atom stereocenters. The van der Waals surface area contributed by atoms with Gasteiger partial charge in [0.1, 0.15) is 0 Å². The lowest BCUT2D eigenvalue weighted by atomic mass is 9.87. The lowest BCUT2D eigenvalue weighted by Gasteiger charge is -2.16. The van der Waals surface area contributed by atoms with Crippen molar-refractivity contribution in [2.45, 2.75) is 99.8 Å². The molecule has 2 heteroatoms. The molecule has 0 aromatic rings. The molecule has 0 N–H and O–H groups in total. The number of ketones is 2. The fourth-order valence-corrected chi connectivity index (χ4v) is 3.61. The zero-order valence-electron chi connectivity index (χ0n) is 20.4. The van der Waals surface area contributed by atoms with Gasteiger partial charge < -0.3 is 0 Å². The highest BCUT2D eigenvalue weighted by Gasteiger charge is 2.22. The number of hydrogen-bond acceptors (Lipinski definition) is 2. The van der Waals surface area contributed by atoms with Crippen LogP contribution in [0.4, 0.5) is 0 Å². The zero-order chi connectivity index (χ0) is 22.7. The molecule has 0 saturated heterocycles. The first-order valence-electron chi connectivity index (χ1n) is 11.5. The van der Waals surface area contributed by atoms with Crippen molar-refractivity contribution in [3.8, 4) is 0 Å². The maximum absolute atomic E-state index is 12.3. The van der Waals surface area contributed by atoms with Gasteiger partial charge in [0.2, 0.25) is 0 Å². The van der Waals surface area contributed by atoms with E-state index < -0.39 is 0 Å². The second kappa shape index (κ2) is 13.4. The second-order valence-electron chi connectivity index (χ2n) is 9.29. The Hall–Kier alpha value is -1.96. The van der Waals surface area contributed by atoms with Gasteiger partial charge in [-0.05, 0) is 105 Å². The van der Waals surface area contributed by atoms with Gasteiger partial charge >= 0.3 is 0 Å². The van der Waals surface area contributed by atoms with Crippen molar-refractivity contribution in [3.05, 3.63) is 57.7 Å². The summed E-state index contributed by atoms with van der Waals surface area (Å²) >= 11 is 0. The Balaban J connectivity index is 2.31. The van der Waals surface area contributed by atoms with E-state index in [0.717, 1.165) is 44.9 Å². The van der Waals surface area contributed by atoms with Crippen LogP contribution >= 0.6 is 0 Å². The minimum atomic E-state index is -0.00506. The number of allylic oxidation sites excluding steroid dienone is 10. The van der Waals surface area contributed by atoms with Gasteiger partial charge in [-0.15, -0.1) is 0 Å². The largest absolute Gasteiger partial charge is 0.290 e. The summed E-state index contributed by atoms with van der Waals surface area (Å²) in [6.45, 7) is 14.5. The van der Waals surface area contributed by atoms with Crippen LogP contribution in [0.5, 0.6) is 0 Å². The summed E-state index contributed by atoms with van der Waals surface area (Å²) in [7, 11) is 0. The minimum absolute atomic E-state index is 0.00506. The van der Waals surface area contributed by atoms with Crippen molar-refractivity contribution < 1.29 is 9.59 Å². The minimum Gasteiger partial charge on any atom is -0.290 e. The van der Waals surface area contributed by atoms with Gasteiger partial charge in [-0.3, -0.25) is 9.59 Å². The first kappa shape index (κ1) is 26.1. The number of carbonyl (C=O) groups excluding carboxylic acids is 2. The van der Waals surface area contributed by atoms with Crippen LogP contribution in [0.25, 0.3) is 0 Å². The molecule has 0 amide bonds. The van der Waals surface area contributed by atoms with Crippen molar-refractivity contribution in [3.63, 3.8) is 0 Å². The molecular formula is C28H42O2. The van der Waals surface area contributed by atoms with Gasteiger partial charge in [0, 0.05) is 16.7 Å². The smallest absolute Gasteiger partial charge is 0.185 e. The summed E-state index contributed by atoms with van der Waals surface area (Å²) < 4.78 is 0. The molecule has 0 radical (unpaired) electrons. The molecule has 0 spiro atoms. The summed E-state index contributed by atoms with van der Waals surface area (Å²) in [5.74, 6) is 0.594. The fourth-order valence-electron chi connectivity index (χ4n) is 3.61. The summed E-state index contributed by atoms with van der Waals surface area (Å²) in [5, 5.41) is 0. The van der Waals surface area contributed by atoms with E-state index in [-0.39, 0.29) is 11.6 Å². The maximum Gasteiger partial charge on any atom is 0.185 e. The quantitative estimate of drug-likeness (QED) is 0.241. The van der Waals surface area contributed by atoms with Crippen LogP contribution in [0.2, 0.25) is 0 Å². The Morgan fingerprint density at radius 3 is 2.00 bits per heavy atom. The van der Waals surface area contributed by atoms with Crippen LogP contribution in [0.3, 0.4) is 0 Å². The van der Waals surface area contributed by atoms with Crippen molar-refractivity contribution >= 4 is 11.6 Å². The van der Waals surface area contributed by atoms with E-state index in [4.69, 9.17) is 0 Å². The van der Waals surface area contributed by atoms with E-state index in [2.05, 4.69) is 52.8 Å². The highest BCUT2D eigenvalue weighted by Crippen LogP contribution is 2.25. The van der Waals surface area contributed by atoms with Crippen LogP contribution in [0.1, 0.15) is 99.8 Å². The Bertz CT molecular complexity index is 764. The Kier molecular flexibility index (Phi) is 11.6. The lowest BCUT2D eigenvalue weighted by molar-refractivity contribution is -0.116. The van der Waals surface area contributed by atoms with Crippen LogP contribution in [0.15, 0.2) is 57.7 Å². The van der Waals surface area contributed by atoms with Gasteiger partial charge in [-0.2, -0.15) is 0 Å². The molecule has 0 fully saturated rings. The first-order chi connectivity index (χ1) is 14.1. The van der Waals surface area contributed by atoms with Gasteiger partial charge in [0.15, 0.2) is 11.6 Å². The van der Waals surface area contributed by atoms with Gasteiger partial charge in [-0.1, -0.05) is 41.9 Å². The molecule has 0 saturated carbocycles. The van der Waals surface area contributed by atoms with Crippen LogP contribution in [0, 0.1) is 5.92 Å². The number of rotatable bonds is 12. The standard InChI is InChI=1S/C28H42O2/c1-20(2)11-8-12-21(3)13-9-14-22(4)15-10-16-23(5)17-18-26-19-27(29)24(6)25(7)28(26)30/h11,13,15,19,23H,8-10,12,14,16-18H2,1-7H3/b21-13+,22-15+/t23-/m0/s1. The van der Waals surface area contributed by atoms with E-state index in [1.807, 2.05) is 0 Å². The van der Waals surface area contributed by atoms with Crippen molar-refractivity contribution in [1.82, 2.24) is 0 Å². The number of hydrogen-bond donors (Lipinski definition) is 0. The van der Waals surface area contributed by atoms with Crippen molar-refractivity contribution in [2.75, 3.05) is 0 Å². The van der Waals surface area contributed by atoms with E-state index >= 15 is 0 Å². The molecule has 30 heavy (non-hydrogen) atoms. The molecule has 0 aromatic heterocycles. The Morgan fingerprint density at radius 1 is 0.833 bits per heavy atom. The fraction of sp³-hybridized carbons (Fsp3) is 0.571. The predicted molar refractivity (Wildman–Crippen MR) is 130 cm³/mol. The SMILES string of the molecule is CC(C)=CCC/C(C)=C/CC/C(C)=C/CC[C@H](C)CCC1=CC(=O)C(C)=C(C)C1=O. The van der Waals surface area contributed by atoms with Crippen molar-refractivity contribution in [2.24, 2.45) is 5.92 Å². The van der Waals surface area contributed by atoms with E-state index in [1.54, 1.807) is 19.9 Å². The highest BCUT2D eigenvalue weighted by atomic mass is 16.1. The Labute approximate surface area is 184 Å². The van der Waals surface area contributed by atoms with E-state index in [9.17, 15) is 9.59 Å². The van der Waals surface area contributed by atoms with Crippen molar-refractivity contribution in [1.29, 1.82) is 0 Å². The lowest BCUT2D eigenvalue weighted by Crippen LogP contribution is -2.17. The van der Waals surface area contributed by atoms with Crippen LogP contribution in [-0.4, -0.2) is 11.6 Å². The van der Waals surface area contributed by atoms with E-state index in [0.29, 0.717) is 29.1 Å². The molecule has 0 aromatic carbocycles. The molecule has 0 heterocycles. The molecule has 1 aliphatic rings. The first-order valence-corrected chi connectivity index (χ1v) is 11.5. The third kappa shape index (κ3) is 9.69. The average Bonchev–Trinajstić information content (AvgIpc) is 2.67. The normalized spacial score (nSPS) is 16.7. The molecule has 0 bridgehead atoms. The summed E-state index contributed by atoms with van der Waals surface area (Å²) in [5.41, 5.74) is 6.24. The van der Waals surface area contributed by atoms with Gasteiger partial charge in [-0.25, -0.2) is 0 Å². The molecule has 1 rings (SSSR count). The topological polar surface area (TPSA) is 34.1 Å². The predicted octanol–water partition coefficient (Wildman–Crippen LogP) is 8.02. The number of carbonyl (C=O) groups is 2. The van der Waals surface area contributed by atoms with E-state index in [1.165, 1.54) is 16.7 Å². The average molecular weight is 411 g/mol. The molecule has 1 atom stereocenters.